The molecule has 110 valence electrons. The van der Waals surface area contributed by atoms with Gasteiger partial charge >= 0.3 is 0 Å². The van der Waals surface area contributed by atoms with Crippen LogP contribution < -0.4 is 10.6 Å². The quantitative estimate of drug-likeness (QED) is 0.798. The third-order valence-electron chi connectivity index (χ3n) is 3.18. The van der Waals surface area contributed by atoms with E-state index in [1.54, 1.807) is 6.07 Å². The summed E-state index contributed by atoms with van der Waals surface area (Å²) >= 11 is 3.23. The minimum absolute atomic E-state index is 0.0546. The number of hydrogen-bond donors (Lipinski definition) is 2. The van der Waals surface area contributed by atoms with Gasteiger partial charge in [0.05, 0.1) is 13.2 Å². The van der Waals surface area contributed by atoms with Crippen molar-refractivity contribution >= 4 is 21.8 Å². The van der Waals surface area contributed by atoms with Crippen LogP contribution in [0.3, 0.4) is 0 Å². The van der Waals surface area contributed by atoms with Crippen molar-refractivity contribution in [1.29, 1.82) is 0 Å². The average molecular weight is 345 g/mol. The second-order valence-electron chi connectivity index (χ2n) is 4.71. The summed E-state index contributed by atoms with van der Waals surface area (Å²) in [7, 11) is 0. The Morgan fingerprint density at radius 1 is 1.55 bits per heavy atom. The molecule has 1 aliphatic heterocycles. The molecule has 20 heavy (non-hydrogen) atoms. The predicted octanol–water partition coefficient (Wildman–Crippen LogP) is 1.63. The van der Waals surface area contributed by atoms with Crippen LogP contribution in [0.4, 0.5) is 4.39 Å². The van der Waals surface area contributed by atoms with Crippen LogP contribution in [0.25, 0.3) is 0 Å². The summed E-state index contributed by atoms with van der Waals surface area (Å²) in [6, 6.07) is 4.77. The largest absolute Gasteiger partial charge is 0.378 e. The minimum Gasteiger partial charge on any atom is -0.378 e. The molecule has 2 N–H and O–H groups in total. The SMILES string of the molecule is O=C(NCCCc1ccc(Br)cc1F)C1COCCN1. The fourth-order valence-corrected chi connectivity index (χ4v) is 2.41. The maximum atomic E-state index is 13.6. The summed E-state index contributed by atoms with van der Waals surface area (Å²) in [5.41, 5.74) is 0.668. The van der Waals surface area contributed by atoms with Crippen LogP contribution in [0, 0.1) is 5.82 Å². The van der Waals surface area contributed by atoms with Crippen molar-refractivity contribution < 1.29 is 13.9 Å². The van der Waals surface area contributed by atoms with Crippen molar-refractivity contribution in [3.63, 3.8) is 0 Å². The van der Waals surface area contributed by atoms with Crippen molar-refractivity contribution in [3.05, 3.63) is 34.1 Å². The Bertz CT molecular complexity index is 464. The van der Waals surface area contributed by atoms with Crippen LogP contribution in [0.5, 0.6) is 0 Å². The number of rotatable bonds is 5. The van der Waals surface area contributed by atoms with E-state index in [2.05, 4.69) is 26.6 Å². The van der Waals surface area contributed by atoms with E-state index in [1.165, 1.54) is 6.07 Å². The summed E-state index contributed by atoms with van der Waals surface area (Å²) in [6.45, 7) is 2.29. The molecule has 1 amide bonds. The van der Waals surface area contributed by atoms with E-state index in [0.717, 1.165) is 4.47 Å². The van der Waals surface area contributed by atoms with Crippen molar-refractivity contribution in [1.82, 2.24) is 10.6 Å². The lowest BCUT2D eigenvalue weighted by molar-refractivity contribution is -0.125. The zero-order chi connectivity index (χ0) is 14.4. The highest BCUT2D eigenvalue weighted by Gasteiger charge is 2.20. The van der Waals surface area contributed by atoms with Crippen molar-refractivity contribution in [2.45, 2.75) is 18.9 Å². The number of morpholine rings is 1. The zero-order valence-electron chi connectivity index (χ0n) is 11.1. The summed E-state index contributed by atoms with van der Waals surface area (Å²) < 4.78 is 19.5. The van der Waals surface area contributed by atoms with E-state index in [-0.39, 0.29) is 17.8 Å². The first-order chi connectivity index (χ1) is 9.66. The van der Waals surface area contributed by atoms with Crippen molar-refractivity contribution in [2.24, 2.45) is 0 Å². The predicted molar refractivity (Wildman–Crippen MR) is 78.0 cm³/mol. The maximum absolute atomic E-state index is 13.6. The van der Waals surface area contributed by atoms with Gasteiger partial charge in [-0.15, -0.1) is 0 Å². The minimum atomic E-state index is -0.270. The first-order valence-electron chi connectivity index (χ1n) is 6.69. The molecular formula is C14H18BrFN2O2. The van der Waals surface area contributed by atoms with Gasteiger partial charge < -0.3 is 15.4 Å². The monoisotopic (exact) mass is 344 g/mol. The summed E-state index contributed by atoms with van der Waals surface area (Å²) in [6.07, 6.45) is 1.31. The molecular weight excluding hydrogens is 327 g/mol. The lowest BCUT2D eigenvalue weighted by Crippen LogP contribution is -2.51. The third kappa shape index (κ3) is 4.54. The van der Waals surface area contributed by atoms with Crippen LogP contribution in [0.15, 0.2) is 22.7 Å². The molecule has 0 aromatic heterocycles. The van der Waals surface area contributed by atoms with Crippen LogP contribution in [-0.2, 0) is 16.0 Å². The number of nitrogens with one attached hydrogen (secondary N) is 2. The molecule has 1 aromatic rings. The average Bonchev–Trinajstić information content (AvgIpc) is 2.46. The Morgan fingerprint density at radius 3 is 3.10 bits per heavy atom. The Hall–Kier alpha value is -0.980. The fourth-order valence-electron chi connectivity index (χ4n) is 2.07. The van der Waals surface area contributed by atoms with Crippen molar-refractivity contribution in [3.8, 4) is 0 Å². The Kier molecular flexibility index (Phi) is 5.94. The van der Waals surface area contributed by atoms with E-state index in [0.29, 0.717) is 44.7 Å². The van der Waals surface area contributed by atoms with Gasteiger partial charge in [-0.25, -0.2) is 4.39 Å². The van der Waals surface area contributed by atoms with E-state index < -0.39 is 0 Å². The standard InChI is InChI=1S/C14H18BrFN2O2/c15-11-4-3-10(12(16)8-11)2-1-5-18-14(19)13-9-20-7-6-17-13/h3-4,8,13,17H,1-2,5-7,9H2,(H,18,19). The Labute approximate surface area is 126 Å². The molecule has 0 aliphatic carbocycles. The number of benzene rings is 1. The number of carbonyl (C=O) groups excluding carboxylic acids is 1. The first kappa shape index (κ1) is 15.4. The van der Waals surface area contributed by atoms with Gasteiger partial charge in [0.25, 0.3) is 0 Å². The van der Waals surface area contributed by atoms with E-state index in [9.17, 15) is 9.18 Å². The molecule has 6 heteroatoms. The van der Waals surface area contributed by atoms with Crippen LogP contribution in [0.2, 0.25) is 0 Å². The summed E-state index contributed by atoms with van der Waals surface area (Å²) in [5, 5.41) is 5.93. The molecule has 1 saturated heterocycles. The van der Waals surface area contributed by atoms with E-state index >= 15 is 0 Å². The maximum Gasteiger partial charge on any atom is 0.239 e. The normalized spacial score (nSPS) is 18.8. The Balaban J connectivity index is 1.69. The Morgan fingerprint density at radius 2 is 2.40 bits per heavy atom. The third-order valence-corrected chi connectivity index (χ3v) is 3.67. The highest BCUT2D eigenvalue weighted by Crippen LogP contribution is 2.16. The summed E-state index contributed by atoms with van der Waals surface area (Å²) in [4.78, 5) is 11.8. The number of ether oxygens (including phenoxy) is 1. The number of carbonyl (C=O) groups is 1. The topological polar surface area (TPSA) is 50.4 Å². The van der Waals surface area contributed by atoms with Crippen LogP contribution >= 0.6 is 15.9 Å². The molecule has 1 heterocycles. The molecule has 1 aliphatic rings. The highest BCUT2D eigenvalue weighted by molar-refractivity contribution is 9.10. The van der Waals surface area contributed by atoms with Gasteiger partial charge in [0.2, 0.25) is 5.91 Å². The van der Waals surface area contributed by atoms with Crippen molar-refractivity contribution in [2.75, 3.05) is 26.3 Å². The first-order valence-corrected chi connectivity index (χ1v) is 7.49. The highest BCUT2D eigenvalue weighted by atomic mass is 79.9. The number of aryl methyl sites for hydroxylation is 1. The molecule has 1 fully saturated rings. The molecule has 1 aromatic carbocycles. The second kappa shape index (κ2) is 7.71. The number of halogens is 2. The van der Waals surface area contributed by atoms with Gasteiger partial charge in [-0.2, -0.15) is 0 Å². The molecule has 2 rings (SSSR count). The van der Waals surface area contributed by atoms with Crippen LogP contribution in [0.1, 0.15) is 12.0 Å². The van der Waals surface area contributed by atoms with Gasteiger partial charge in [-0.1, -0.05) is 22.0 Å². The van der Waals surface area contributed by atoms with Gasteiger partial charge in [0.1, 0.15) is 11.9 Å². The van der Waals surface area contributed by atoms with Crippen LogP contribution in [-0.4, -0.2) is 38.3 Å². The van der Waals surface area contributed by atoms with Gasteiger partial charge in [0.15, 0.2) is 0 Å². The lowest BCUT2D eigenvalue weighted by atomic mass is 10.1. The molecule has 0 spiro atoms. The summed E-state index contributed by atoms with van der Waals surface area (Å²) in [5.74, 6) is -0.269. The molecule has 1 atom stereocenters. The molecule has 0 bridgehead atoms. The van der Waals surface area contributed by atoms with E-state index in [1.807, 2.05) is 6.07 Å². The van der Waals surface area contributed by atoms with E-state index in [4.69, 9.17) is 4.74 Å². The number of hydrogen-bond acceptors (Lipinski definition) is 3. The van der Waals surface area contributed by atoms with Gasteiger partial charge in [-0.3, -0.25) is 4.79 Å². The zero-order valence-corrected chi connectivity index (χ0v) is 12.7. The second-order valence-corrected chi connectivity index (χ2v) is 5.63. The van der Waals surface area contributed by atoms with Gasteiger partial charge in [-0.05, 0) is 30.5 Å². The lowest BCUT2D eigenvalue weighted by Gasteiger charge is -2.22. The van der Waals surface area contributed by atoms with Gasteiger partial charge in [0, 0.05) is 17.6 Å². The fraction of sp³-hybridized carbons (Fsp3) is 0.500. The molecule has 4 nitrogen and oxygen atoms in total. The molecule has 1 unspecified atom stereocenters. The smallest absolute Gasteiger partial charge is 0.239 e. The number of amides is 1. The molecule has 0 saturated carbocycles. The molecule has 0 radical (unpaired) electrons.